The fourth-order valence-corrected chi connectivity index (χ4v) is 3.74. The summed E-state index contributed by atoms with van der Waals surface area (Å²) in [5.41, 5.74) is 3.89. The summed E-state index contributed by atoms with van der Waals surface area (Å²) in [7, 11) is 0. The van der Waals surface area contributed by atoms with Gasteiger partial charge in [0, 0.05) is 49.4 Å². The number of fused-ring (bicyclic) bond motifs is 1. The van der Waals surface area contributed by atoms with Crippen LogP contribution in [0.25, 0.3) is 11.2 Å². The molecule has 8 nitrogen and oxygen atoms in total. The molecule has 0 amide bonds. The Balaban J connectivity index is 1.47. The molecule has 2 aromatic heterocycles. The van der Waals surface area contributed by atoms with E-state index in [0.29, 0.717) is 24.7 Å². The van der Waals surface area contributed by atoms with Crippen LogP contribution in [-0.2, 0) is 4.74 Å². The average Bonchev–Trinajstić information content (AvgIpc) is 3.10. The molecule has 4 heterocycles. The first-order valence-electron chi connectivity index (χ1n) is 10.9. The van der Waals surface area contributed by atoms with Gasteiger partial charge in [0.05, 0.1) is 24.6 Å². The van der Waals surface area contributed by atoms with Crippen LogP contribution in [0.5, 0.6) is 0 Å². The van der Waals surface area contributed by atoms with E-state index in [1.54, 1.807) is 12.3 Å². The minimum absolute atomic E-state index is 0.429. The highest BCUT2D eigenvalue weighted by molar-refractivity contribution is 6.06. The lowest BCUT2D eigenvalue weighted by Gasteiger charge is -2.29. The third-order valence-electron chi connectivity index (χ3n) is 5.43. The number of benzene rings is 1. The number of ether oxygens (including phenoxy) is 1. The molecule has 0 aliphatic carbocycles. The lowest BCUT2D eigenvalue weighted by Crippen LogP contribution is -2.37. The summed E-state index contributed by atoms with van der Waals surface area (Å²) in [6.45, 7) is 2.94. The maximum Gasteiger partial charge on any atom is 0.160 e. The van der Waals surface area contributed by atoms with Crippen molar-refractivity contribution in [3.05, 3.63) is 96.6 Å². The molecule has 2 aliphatic heterocycles. The number of anilines is 2. The molecular formula is C25H25N7O. The van der Waals surface area contributed by atoms with E-state index < -0.39 is 0 Å². The first-order chi connectivity index (χ1) is 16.3. The van der Waals surface area contributed by atoms with Gasteiger partial charge in [-0.3, -0.25) is 0 Å². The molecule has 0 saturated carbocycles. The largest absolute Gasteiger partial charge is 0.378 e. The van der Waals surface area contributed by atoms with Gasteiger partial charge < -0.3 is 25.7 Å². The molecule has 0 spiro atoms. The second-order valence-corrected chi connectivity index (χ2v) is 7.64. The van der Waals surface area contributed by atoms with E-state index in [1.165, 1.54) is 0 Å². The molecule has 3 aromatic rings. The van der Waals surface area contributed by atoms with Crippen molar-refractivity contribution in [2.75, 3.05) is 36.5 Å². The van der Waals surface area contributed by atoms with Crippen LogP contribution in [-0.4, -0.2) is 46.6 Å². The Morgan fingerprint density at radius 2 is 1.97 bits per heavy atom. The third-order valence-corrected chi connectivity index (χ3v) is 5.43. The topological polar surface area (TPSA) is 90.6 Å². The Kier molecular flexibility index (Phi) is 5.99. The smallest absolute Gasteiger partial charge is 0.160 e. The number of allylic oxidation sites excluding steroid dienone is 5. The Morgan fingerprint density at radius 3 is 2.82 bits per heavy atom. The molecule has 1 aromatic carbocycles. The molecule has 3 N–H and O–H groups in total. The molecule has 1 fully saturated rings. The maximum atomic E-state index is 8.26. The second kappa shape index (κ2) is 9.54. The highest BCUT2D eigenvalue weighted by Gasteiger charge is 2.18. The summed E-state index contributed by atoms with van der Waals surface area (Å²) in [6.07, 6.45) is 13.2. The Hall–Kier alpha value is -4.17. The summed E-state index contributed by atoms with van der Waals surface area (Å²) in [6, 6.07) is 13.6. The lowest BCUT2D eigenvalue weighted by atomic mass is 10.1. The highest BCUT2D eigenvalue weighted by atomic mass is 16.5. The predicted octanol–water partition coefficient (Wildman–Crippen LogP) is 3.57. The Morgan fingerprint density at radius 1 is 1.12 bits per heavy atom. The van der Waals surface area contributed by atoms with Crippen LogP contribution in [0.2, 0.25) is 0 Å². The number of morpholine rings is 1. The first-order valence-corrected chi connectivity index (χ1v) is 10.9. The van der Waals surface area contributed by atoms with Crippen molar-refractivity contribution in [3.8, 4) is 0 Å². The zero-order valence-electron chi connectivity index (χ0n) is 18.1. The van der Waals surface area contributed by atoms with Crippen LogP contribution < -0.4 is 15.5 Å². The van der Waals surface area contributed by atoms with Gasteiger partial charge in [-0.25, -0.2) is 4.98 Å². The molecule has 0 bridgehead atoms. The zero-order chi connectivity index (χ0) is 22.5. The van der Waals surface area contributed by atoms with Gasteiger partial charge in [0.25, 0.3) is 0 Å². The van der Waals surface area contributed by atoms with Gasteiger partial charge in [-0.15, -0.1) is 0 Å². The van der Waals surface area contributed by atoms with Crippen molar-refractivity contribution in [2.45, 2.75) is 0 Å². The average molecular weight is 440 g/mol. The Labute approximate surface area is 192 Å². The lowest BCUT2D eigenvalue weighted by molar-refractivity contribution is 0.122. The van der Waals surface area contributed by atoms with Crippen molar-refractivity contribution in [1.29, 1.82) is 5.41 Å². The van der Waals surface area contributed by atoms with Gasteiger partial charge in [-0.05, 0) is 23.8 Å². The molecule has 8 heteroatoms. The second-order valence-electron chi connectivity index (χ2n) is 7.64. The van der Waals surface area contributed by atoms with E-state index in [1.807, 2.05) is 77.6 Å². The number of rotatable bonds is 6. The number of nitrogens with zero attached hydrogens (tertiary/aromatic N) is 4. The summed E-state index contributed by atoms with van der Waals surface area (Å²) < 4.78 is 7.43. The molecule has 0 atom stereocenters. The van der Waals surface area contributed by atoms with Crippen LogP contribution in [0.15, 0.2) is 85.4 Å². The van der Waals surface area contributed by atoms with Crippen LogP contribution >= 0.6 is 0 Å². The third kappa shape index (κ3) is 4.70. The molecule has 0 radical (unpaired) electrons. The minimum Gasteiger partial charge on any atom is -0.378 e. The first kappa shape index (κ1) is 20.7. The Bertz CT molecular complexity index is 1260. The van der Waals surface area contributed by atoms with E-state index in [0.717, 1.165) is 41.4 Å². The van der Waals surface area contributed by atoms with Crippen molar-refractivity contribution in [1.82, 2.24) is 19.9 Å². The monoisotopic (exact) mass is 439 g/mol. The molecule has 2 aliphatic rings. The maximum absolute atomic E-state index is 8.26. The van der Waals surface area contributed by atoms with Crippen molar-refractivity contribution >= 4 is 28.6 Å². The quantitative estimate of drug-likeness (QED) is 0.509. The van der Waals surface area contributed by atoms with Gasteiger partial charge in [-0.2, -0.15) is 9.61 Å². The zero-order valence-corrected chi connectivity index (χ0v) is 18.1. The molecule has 1 saturated heterocycles. The highest BCUT2D eigenvalue weighted by Crippen LogP contribution is 2.25. The fourth-order valence-electron chi connectivity index (χ4n) is 3.74. The van der Waals surface area contributed by atoms with E-state index in [-0.39, 0.29) is 0 Å². The van der Waals surface area contributed by atoms with Crippen molar-refractivity contribution < 1.29 is 4.74 Å². The van der Waals surface area contributed by atoms with E-state index in [9.17, 15) is 0 Å². The summed E-state index contributed by atoms with van der Waals surface area (Å²) in [5, 5.41) is 19.4. The SMILES string of the molecule is N=C(/C=C\Nc1cc(N2CCOCC2)n2nc(C3=CC=CNC=C3)cc2n1)c1ccccc1. The van der Waals surface area contributed by atoms with Crippen LogP contribution in [0.4, 0.5) is 11.6 Å². The van der Waals surface area contributed by atoms with Crippen molar-refractivity contribution in [2.24, 2.45) is 0 Å². The van der Waals surface area contributed by atoms with E-state index in [4.69, 9.17) is 20.2 Å². The molecule has 0 unspecified atom stereocenters. The van der Waals surface area contributed by atoms with E-state index in [2.05, 4.69) is 15.5 Å². The molecule has 33 heavy (non-hydrogen) atoms. The van der Waals surface area contributed by atoms with Gasteiger partial charge in [0.2, 0.25) is 0 Å². The normalized spacial score (nSPS) is 16.0. The summed E-state index contributed by atoms with van der Waals surface area (Å²) >= 11 is 0. The number of nitrogens with one attached hydrogen (secondary N) is 3. The minimum atomic E-state index is 0.429. The van der Waals surface area contributed by atoms with Gasteiger partial charge in [0.15, 0.2) is 5.65 Å². The molecule has 166 valence electrons. The molecular weight excluding hydrogens is 414 g/mol. The number of aromatic nitrogens is 3. The van der Waals surface area contributed by atoms with Crippen LogP contribution in [0.3, 0.4) is 0 Å². The molecule has 5 rings (SSSR count). The van der Waals surface area contributed by atoms with E-state index >= 15 is 0 Å². The van der Waals surface area contributed by atoms with Crippen molar-refractivity contribution in [3.63, 3.8) is 0 Å². The number of hydrogen-bond donors (Lipinski definition) is 3. The van der Waals surface area contributed by atoms with Gasteiger partial charge >= 0.3 is 0 Å². The fraction of sp³-hybridized carbons (Fsp3) is 0.160. The summed E-state index contributed by atoms with van der Waals surface area (Å²) in [5.74, 6) is 1.65. The predicted molar refractivity (Wildman–Crippen MR) is 131 cm³/mol. The van der Waals surface area contributed by atoms with Crippen LogP contribution in [0, 0.1) is 5.41 Å². The van der Waals surface area contributed by atoms with Crippen LogP contribution in [0.1, 0.15) is 11.3 Å². The standard InChI is InChI=1S/C25H25N7O/c26-21(19-5-2-1-3-6-19)9-12-28-23-18-25(31-13-15-33-16-14-31)32-24(29-23)17-22(30-32)20-7-4-10-27-11-8-20/h1-12,17-18,26-27H,13-16H2,(H,28,29)/b12-9-,26-21?. The summed E-state index contributed by atoms with van der Waals surface area (Å²) in [4.78, 5) is 7.02. The van der Waals surface area contributed by atoms with Gasteiger partial charge in [-0.1, -0.05) is 36.4 Å². The van der Waals surface area contributed by atoms with Gasteiger partial charge in [0.1, 0.15) is 11.6 Å². The number of hydrogen-bond acceptors (Lipinski definition) is 7.